The SMILES string of the molecule is COC(=O)c1ccccc1Nc1ccc(NC(=O)c2ccc(OC)cc2)cc1. The van der Waals surface area contributed by atoms with Gasteiger partial charge in [-0.25, -0.2) is 4.79 Å². The van der Waals surface area contributed by atoms with Crippen LogP contribution >= 0.6 is 0 Å². The molecule has 0 aromatic heterocycles. The molecule has 0 heterocycles. The number of anilines is 3. The number of hydrogen-bond acceptors (Lipinski definition) is 5. The van der Waals surface area contributed by atoms with Gasteiger partial charge in [0, 0.05) is 16.9 Å². The first-order valence-corrected chi connectivity index (χ1v) is 8.60. The van der Waals surface area contributed by atoms with E-state index in [1.807, 2.05) is 18.2 Å². The van der Waals surface area contributed by atoms with Gasteiger partial charge in [0.1, 0.15) is 5.75 Å². The Kier molecular flexibility index (Phi) is 5.91. The smallest absolute Gasteiger partial charge is 0.339 e. The van der Waals surface area contributed by atoms with Crippen molar-refractivity contribution >= 4 is 28.9 Å². The molecule has 3 aromatic carbocycles. The summed E-state index contributed by atoms with van der Waals surface area (Å²) in [5.74, 6) is 0.0742. The van der Waals surface area contributed by atoms with Crippen LogP contribution in [0.3, 0.4) is 0 Å². The number of hydrogen-bond donors (Lipinski definition) is 2. The van der Waals surface area contributed by atoms with E-state index in [2.05, 4.69) is 10.6 Å². The van der Waals surface area contributed by atoms with E-state index in [1.165, 1.54) is 7.11 Å². The van der Waals surface area contributed by atoms with Gasteiger partial charge in [-0.1, -0.05) is 12.1 Å². The third kappa shape index (κ3) is 4.48. The Morgan fingerprint density at radius 2 is 1.43 bits per heavy atom. The van der Waals surface area contributed by atoms with Crippen molar-refractivity contribution in [1.29, 1.82) is 0 Å². The molecule has 142 valence electrons. The number of methoxy groups -OCH3 is 2. The summed E-state index contributed by atoms with van der Waals surface area (Å²) in [6.07, 6.45) is 0. The second kappa shape index (κ2) is 8.73. The molecular formula is C22H20N2O4. The number of carbonyl (C=O) groups excluding carboxylic acids is 2. The van der Waals surface area contributed by atoms with Gasteiger partial charge in [-0.3, -0.25) is 4.79 Å². The summed E-state index contributed by atoms with van der Waals surface area (Å²) in [4.78, 5) is 24.2. The van der Waals surface area contributed by atoms with E-state index < -0.39 is 5.97 Å². The number of esters is 1. The van der Waals surface area contributed by atoms with E-state index in [1.54, 1.807) is 61.7 Å². The van der Waals surface area contributed by atoms with E-state index in [9.17, 15) is 9.59 Å². The number of nitrogens with one attached hydrogen (secondary N) is 2. The van der Waals surface area contributed by atoms with Crippen LogP contribution in [0.5, 0.6) is 5.75 Å². The second-order valence-electron chi connectivity index (χ2n) is 5.92. The summed E-state index contributed by atoms with van der Waals surface area (Å²) in [6.45, 7) is 0. The van der Waals surface area contributed by atoms with Crippen LogP contribution in [0.15, 0.2) is 72.8 Å². The summed E-state index contributed by atoms with van der Waals surface area (Å²) in [6, 6.07) is 21.2. The monoisotopic (exact) mass is 376 g/mol. The number of para-hydroxylation sites is 1. The molecule has 0 saturated carbocycles. The first kappa shape index (κ1) is 19.0. The van der Waals surface area contributed by atoms with Crippen LogP contribution in [-0.4, -0.2) is 26.1 Å². The van der Waals surface area contributed by atoms with Crippen molar-refractivity contribution in [3.8, 4) is 5.75 Å². The molecule has 0 aliphatic rings. The van der Waals surface area contributed by atoms with E-state index >= 15 is 0 Å². The molecule has 2 N–H and O–H groups in total. The van der Waals surface area contributed by atoms with Crippen LogP contribution in [-0.2, 0) is 4.74 Å². The molecule has 0 bridgehead atoms. The predicted octanol–water partition coefficient (Wildman–Crippen LogP) is 4.48. The van der Waals surface area contributed by atoms with Crippen LogP contribution in [0.2, 0.25) is 0 Å². The normalized spacial score (nSPS) is 10.1. The number of ether oxygens (including phenoxy) is 2. The number of amides is 1. The predicted molar refractivity (Wildman–Crippen MR) is 108 cm³/mol. The molecule has 3 rings (SSSR count). The minimum atomic E-state index is -0.411. The first-order chi connectivity index (χ1) is 13.6. The van der Waals surface area contributed by atoms with Gasteiger partial charge >= 0.3 is 5.97 Å². The van der Waals surface area contributed by atoms with Crippen molar-refractivity contribution in [2.45, 2.75) is 0 Å². The van der Waals surface area contributed by atoms with E-state index in [-0.39, 0.29) is 5.91 Å². The summed E-state index contributed by atoms with van der Waals surface area (Å²) >= 11 is 0. The fraction of sp³-hybridized carbons (Fsp3) is 0.0909. The van der Waals surface area contributed by atoms with Gasteiger partial charge < -0.3 is 20.1 Å². The zero-order chi connectivity index (χ0) is 19.9. The Labute approximate surface area is 163 Å². The highest BCUT2D eigenvalue weighted by Crippen LogP contribution is 2.23. The molecule has 28 heavy (non-hydrogen) atoms. The Morgan fingerprint density at radius 1 is 0.786 bits per heavy atom. The summed E-state index contributed by atoms with van der Waals surface area (Å²) in [7, 11) is 2.92. The summed E-state index contributed by atoms with van der Waals surface area (Å²) in [5.41, 5.74) is 3.06. The maximum absolute atomic E-state index is 12.3. The molecule has 0 aliphatic heterocycles. The fourth-order valence-corrected chi connectivity index (χ4v) is 2.62. The molecule has 0 unspecified atom stereocenters. The quantitative estimate of drug-likeness (QED) is 0.621. The van der Waals surface area contributed by atoms with Gasteiger partial charge in [0.05, 0.1) is 25.5 Å². The zero-order valence-electron chi connectivity index (χ0n) is 15.6. The molecule has 0 saturated heterocycles. The minimum Gasteiger partial charge on any atom is -0.497 e. The standard InChI is InChI=1S/C22H20N2O4/c1-27-18-13-7-15(8-14-18)21(25)24-17-11-9-16(10-12-17)23-20-6-4-3-5-19(20)22(26)28-2/h3-14,23H,1-2H3,(H,24,25). The fourth-order valence-electron chi connectivity index (χ4n) is 2.62. The van der Waals surface area contributed by atoms with E-state index in [0.29, 0.717) is 28.3 Å². The third-order valence-electron chi connectivity index (χ3n) is 4.11. The highest BCUT2D eigenvalue weighted by molar-refractivity contribution is 6.04. The van der Waals surface area contributed by atoms with Gasteiger partial charge in [-0.05, 0) is 60.7 Å². The molecule has 0 spiro atoms. The number of rotatable bonds is 6. The third-order valence-corrected chi connectivity index (χ3v) is 4.11. The molecule has 0 fully saturated rings. The van der Waals surface area contributed by atoms with Crippen molar-refractivity contribution < 1.29 is 19.1 Å². The average Bonchev–Trinajstić information content (AvgIpc) is 2.75. The number of carbonyl (C=O) groups is 2. The van der Waals surface area contributed by atoms with Crippen LogP contribution in [0.25, 0.3) is 0 Å². The topological polar surface area (TPSA) is 76.7 Å². The minimum absolute atomic E-state index is 0.209. The molecule has 0 atom stereocenters. The van der Waals surface area contributed by atoms with Crippen LogP contribution < -0.4 is 15.4 Å². The lowest BCUT2D eigenvalue weighted by Crippen LogP contribution is -2.11. The second-order valence-corrected chi connectivity index (χ2v) is 5.92. The summed E-state index contributed by atoms with van der Waals surface area (Å²) < 4.78 is 9.89. The Morgan fingerprint density at radius 3 is 2.07 bits per heavy atom. The highest BCUT2D eigenvalue weighted by Gasteiger charge is 2.11. The van der Waals surface area contributed by atoms with Crippen molar-refractivity contribution in [3.63, 3.8) is 0 Å². The summed E-state index contributed by atoms with van der Waals surface area (Å²) in [5, 5.41) is 6.03. The molecular weight excluding hydrogens is 356 g/mol. The molecule has 6 nitrogen and oxygen atoms in total. The highest BCUT2D eigenvalue weighted by atomic mass is 16.5. The van der Waals surface area contributed by atoms with Crippen molar-refractivity contribution in [3.05, 3.63) is 83.9 Å². The molecule has 1 amide bonds. The van der Waals surface area contributed by atoms with E-state index in [4.69, 9.17) is 9.47 Å². The first-order valence-electron chi connectivity index (χ1n) is 8.60. The largest absolute Gasteiger partial charge is 0.497 e. The zero-order valence-corrected chi connectivity index (χ0v) is 15.6. The van der Waals surface area contributed by atoms with Crippen LogP contribution in [0.1, 0.15) is 20.7 Å². The maximum Gasteiger partial charge on any atom is 0.339 e. The Bertz CT molecular complexity index is 967. The molecule has 6 heteroatoms. The average molecular weight is 376 g/mol. The Hall–Kier alpha value is -3.80. The van der Waals surface area contributed by atoms with Gasteiger partial charge in [0.2, 0.25) is 0 Å². The van der Waals surface area contributed by atoms with E-state index in [0.717, 1.165) is 5.69 Å². The lowest BCUT2D eigenvalue weighted by molar-refractivity contribution is 0.0601. The van der Waals surface area contributed by atoms with Crippen molar-refractivity contribution in [2.75, 3.05) is 24.9 Å². The van der Waals surface area contributed by atoms with Gasteiger partial charge in [-0.15, -0.1) is 0 Å². The molecule has 0 radical (unpaired) electrons. The molecule has 0 aliphatic carbocycles. The lowest BCUT2D eigenvalue weighted by atomic mass is 10.1. The molecule has 3 aromatic rings. The van der Waals surface area contributed by atoms with Crippen molar-refractivity contribution in [2.24, 2.45) is 0 Å². The van der Waals surface area contributed by atoms with Gasteiger partial charge in [-0.2, -0.15) is 0 Å². The maximum atomic E-state index is 12.3. The van der Waals surface area contributed by atoms with Crippen LogP contribution in [0.4, 0.5) is 17.1 Å². The van der Waals surface area contributed by atoms with Crippen LogP contribution in [0, 0.1) is 0 Å². The van der Waals surface area contributed by atoms with Gasteiger partial charge in [0.15, 0.2) is 0 Å². The number of benzene rings is 3. The Balaban J connectivity index is 1.68. The van der Waals surface area contributed by atoms with Gasteiger partial charge in [0.25, 0.3) is 5.91 Å². The van der Waals surface area contributed by atoms with Crippen molar-refractivity contribution in [1.82, 2.24) is 0 Å². The lowest BCUT2D eigenvalue weighted by Gasteiger charge is -2.11.